The molecule has 2 aromatic carbocycles. The highest BCUT2D eigenvalue weighted by atomic mass is 32.2. The lowest BCUT2D eigenvalue weighted by atomic mass is 10.1. The van der Waals surface area contributed by atoms with Gasteiger partial charge in [0.05, 0.1) is 11.0 Å². The first-order valence-electron chi connectivity index (χ1n) is 10.4. The van der Waals surface area contributed by atoms with Crippen LogP contribution in [0.4, 0.5) is 0 Å². The van der Waals surface area contributed by atoms with Crippen LogP contribution in [-0.2, 0) is 21.3 Å². The summed E-state index contributed by atoms with van der Waals surface area (Å²) in [5.74, 6) is -0.149. The maximum Gasteiger partial charge on any atom is 0.285 e. The van der Waals surface area contributed by atoms with Gasteiger partial charge in [-0.2, -0.15) is 8.42 Å². The predicted octanol–water partition coefficient (Wildman–Crippen LogP) is 3.10. The summed E-state index contributed by atoms with van der Waals surface area (Å²) in [5, 5.41) is 4.72. The molecule has 3 aromatic rings. The highest BCUT2D eigenvalue weighted by Gasteiger charge is 2.17. The second-order valence-corrected chi connectivity index (χ2v) is 10.2. The number of hydrogen-bond acceptors (Lipinski definition) is 5. The lowest BCUT2D eigenvalue weighted by molar-refractivity contribution is 0.0857. The first-order valence-corrected chi connectivity index (χ1v) is 12.7. The molecule has 168 valence electrons. The Hall–Kier alpha value is -2.75. The molecule has 7 nitrogen and oxygen atoms in total. The van der Waals surface area contributed by atoms with Crippen molar-refractivity contribution in [3.8, 4) is 0 Å². The Kier molecular flexibility index (Phi) is 6.88. The van der Waals surface area contributed by atoms with Crippen molar-refractivity contribution in [1.82, 2.24) is 9.88 Å². The monoisotopic (exact) mass is 471 g/mol. The molecule has 1 atom stereocenters. The van der Waals surface area contributed by atoms with Gasteiger partial charge in [-0.05, 0) is 49.6 Å². The zero-order valence-corrected chi connectivity index (χ0v) is 19.4. The smallest absolute Gasteiger partial charge is 0.285 e. The van der Waals surface area contributed by atoms with E-state index in [-0.39, 0.29) is 16.9 Å². The topological polar surface area (TPSA) is 89.8 Å². The number of thiazole rings is 1. The van der Waals surface area contributed by atoms with Gasteiger partial charge in [0.1, 0.15) is 0 Å². The van der Waals surface area contributed by atoms with E-state index in [1.54, 1.807) is 46.5 Å². The number of carbonyl (C=O) groups is 1. The molecule has 9 heteroatoms. The van der Waals surface area contributed by atoms with Crippen molar-refractivity contribution >= 4 is 27.3 Å². The molecule has 2 heterocycles. The van der Waals surface area contributed by atoms with Gasteiger partial charge in [0.15, 0.2) is 0 Å². The van der Waals surface area contributed by atoms with Crippen LogP contribution in [0, 0.1) is 6.92 Å². The molecule has 0 unspecified atom stereocenters. The number of nitrogens with zero attached hydrogens (tertiary/aromatic N) is 2. The van der Waals surface area contributed by atoms with Gasteiger partial charge < -0.3 is 14.6 Å². The number of ether oxygens (including phenoxy) is 1. The molecule has 1 aromatic heterocycles. The van der Waals surface area contributed by atoms with E-state index >= 15 is 0 Å². The van der Waals surface area contributed by atoms with Crippen LogP contribution in [0.2, 0.25) is 0 Å². The fraction of sp³-hybridized carbons (Fsp3) is 0.304. The fourth-order valence-corrected chi connectivity index (χ4v) is 5.43. The summed E-state index contributed by atoms with van der Waals surface area (Å²) in [6, 6.07) is 13.9. The molecule has 4 rings (SSSR count). The molecule has 0 bridgehead atoms. The van der Waals surface area contributed by atoms with Crippen LogP contribution in [0.1, 0.15) is 34.3 Å². The standard InChI is InChI=1S/C23H25N3O4S2/c1-17-7-9-21(10-8-17)32(28,29)25-23-26(11-13-31-23)16-18-4-2-5-19(14-18)22(27)24-15-20-6-3-12-30-20/h2,4-5,7-11,13-14,20H,3,6,12,15-16H2,1H3,(H,24,27)/t20-/m0/s1. The van der Waals surface area contributed by atoms with Gasteiger partial charge >= 0.3 is 0 Å². The summed E-state index contributed by atoms with van der Waals surface area (Å²) in [5.41, 5.74) is 2.42. The summed E-state index contributed by atoms with van der Waals surface area (Å²) in [4.78, 5) is 13.1. The van der Waals surface area contributed by atoms with Gasteiger partial charge in [0.25, 0.3) is 15.9 Å². The van der Waals surface area contributed by atoms with Crippen LogP contribution in [0.5, 0.6) is 0 Å². The third-order valence-corrected chi connectivity index (χ3v) is 7.42. The number of nitrogens with one attached hydrogen (secondary N) is 1. The number of aromatic nitrogens is 1. The minimum atomic E-state index is -3.81. The molecule has 1 amide bonds. The quantitative estimate of drug-likeness (QED) is 0.573. The average Bonchev–Trinajstić information content (AvgIpc) is 3.45. The average molecular weight is 472 g/mol. The van der Waals surface area contributed by atoms with Gasteiger partial charge in [-0.1, -0.05) is 29.8 Å². The van der Waals surface area contributed by atoms with Crippen molar-refractivity contribution in [1.29, 1.82) is 0 Å². The van der Waals surface area contributed by atoms with E-state index in [2.05, 4.69) is 9.71 Å². The van der Waals surface area contributed by atoms with Crippen molar-refractivity contribution in [2.75, 3.05) is 13.2 Å². The molecule has 1 N–H and O–H groups in total. The third kappa shape index (κ3) is 5.53. The third-order valence-electron chi connectivity index (χ3n) is 5.23. The van der Waals surface area contributed by atoms with Crippen molar-refractivity contribution in [2.45, 2.75) is 37.3 Å². The summed E-state index contributed by atoms with van der Waals surface area (Å²) in [6.45, 7) is 3.55. The van der Waals surface area contributed by atoms with E-state index in [4.69, 9.17) is 4.74 Å². The largest absolute Gasteiger partial charge is 0.376 e. The molecule has 1 saturated heterocycles. The molecular weight excluding hydrogens is 446 g/mol. The lowest BCUT2D eigenvalue weighted by Crippen LogP contribution is -2.31. The van der Waals surface area contributed by atoms with E-state index < -0.39 is 10.0 Å². The number of amides is 1. The number of benzene rings is 2. The van der Waals surface area contributed by atoms with Crippen LogP contribution < -0.4 is 10.1 Å². The molecule has 0 spiro atoms. The number of rotatable bonds is 7. The zero-order chi connectivity index (χ0) is 22.6. The predicted molar refractivity (Wildman–Crippen MR) is 123 cm³/mol. The van der Waals surface area contributed by atoms with Crippen molar-refractivity contribution in [2.24, 2.45) is 4.40 Å². The Bertz CT molecular complexity index is 1250. The lowest BCUT2D eigenvalue weighted by Gasteiger charge is -2.11. The molecule has 0 saturated carbocycles. The van der Waals surface area contributed by atoms with Crippen molar-refractivity contribution in [3.63, 3.8) is 0 Å². The van der Waals surface area contributed by atoms with E-state index in [0.29, 0.717) is 23.5 Å². The molecule has 0 radical (unpaired) electrons. The first-order chi connectivity index (χ1) is 15.4. The highest BCUT2D eigenvalue weighted by molar-refractivity contribution is 7.90. The SMILES string of the molecule is Cc1ccc(S(=O)(=O)N=c2sccn2Cc2cccc(C(=O)NC[C@@H]3CCCO3)c2)cc1. The van der Waals surface area contributed by atoms with Crippen LogP contribution in [0.3, 0.4) is 0 Å². The molecule has 0 aliphatic carbocycles. The molecular formula is C23H25N3O4S2. The number of sulfonamides is 1. The maximum atomic E-state index is 12.7. The Morgan fingerprint density at radius 3 is 2.81 bits per heavy atom. The second-order valence-electron chi connectivity index (χ2n) is 7.74. The van der Waals surface area contributed by atoms with Gasteiger partial charge in [0, 0.05) is 36.8 Å². The fourth-order valence-electron chi connectivity index (χ4n) is 3.48. The van der Waals surface area contributed by atoms with Crippen molar-refractivity contribution < 1.29 is 17.9 Å². The summed E-state index contributed by atoms with van der Waals surface area (Å²) < 4.78 is 36.8. The van der Waals surface area contributed by atoms with E-state index in [0.717, 1.165) is 30.6 Å². The number of hydrogen-bond donors (Lipinski definition) is 1. The Labute approximate surface area is 191 Å². The van der Waals surface area contributed by atoms with E-state index in [1.807, 2.05) is 25.1 Å². The minimum Gasteiger partial charge on any atom is -0.376 e. The maximum absolute atomic E-state index is 12.7. The van der Waals surface area contributed by atoms with Crippen molar-refractivity contribution in [3.05, 3.63) is 81.6 Å². The van der Waals surface area contributed by atoms with Gasteiger partial charge in [0.2, 0.25) is 4.80 Å². The summed E-state index contributed by atoms with van der Waals surface area (Å²) >= 11 is 1.25. The summed E-state index contributed by atoms with van der Waals surface area (Å²) in [7, 11) is -3.81. The Balaban J connectivity index is 1.50. The van der Waals surface area contributed by atoms with Gasteiger partial charge in [-0.15, -0.1) is 15.7 Å². The van der Waals surface area contributed by atoms with Crippen LogP contribution in [0.25, 0.3) is 0 Å². The molecule has 1 fully saturated rings. The van der Waals surface area contributed by atoms with E-state index in [9.17, 15) is 13.2 Å². The van der Waals surface area contributed by atoms with Gasteiger partial charge in [-0.25, -0.2) is 0 Å². The highest BCUT2D eigenvalue weighted by Crippen LogP contribution is 2.14. The minimum absolute atomic E-state index is 0.0862. The molecule has 1 aliphatic rings. The Morgan fingerprint density at radius 1 is 1.25 bits per heavy atom. The van der Waals surface area contributed by atoms with Crippen LogP contribution in [-0.4, -0.2) is 38.1 Å². The normalized spacial score (nSPS) is 16.9. The van der Waals surface area contributed by atoms with Crippen LogP contribution >= 0.6 is 11.3 Å². The van der Waals surface area contributed by atoms with Crippen LogP contribution in [0.15, 0.2) is 69.4 Å². The second kappa shape index (κ2) is 9.81. The molecule has 1 aliphatic heterocycles. The summed E-state index contributed by atoms with van der Waals surface area (Å²) in [6.07, 6.45) is 3.87. The van der Waals surface area contributed by atoms with Gasteiger partial charge in [-0.3, -0.25) is 4.79 Å². The number of aryl methyl sites for hydroxylation is 1. The Morgan fingerprint density at radius 2 is 2.06 bits per heavy atom. The number of carbonyl (C=O) groups excluding carboxylic acids is 1. The zero-order valence-electron chi connectivity index (χ0n) is 17.7. The van der Waals surface area contributed by atoms with E-state index in [1.165, 1.54) is 11.3 Å². The molecule has 32 heavy (non-hydrogen) atoms. The first kappa shape index (κ1) is 22.4.